The van der Waals surface area contributed by atoms with Crippen LogP contribution >= 0.6 is 11.8 Å². The average molecular weight is 1250 g/mol. The number of para-hydroxylation sites is 1. The number of hydrogen-bond donors (Lipinski definition) is 1. The Balaban J connectivity index is 0.896. The lowest BCUT2D eigenvalue weighted by atomic mass is 9.82. The van der Waals surface area contributed by atoms with Crippen molar-refractivity contribution in [3.63, 3.8) is 0 Å². The van der Waals surface area contributed by atoms with Crippen LogP contribution in [0.25, 0.3) is 0 Å². The van der Waals surface area contributed by atoms with Gasteiger partial charge in [0.05, 0.1) is 96.4 Å². The van der Waals surface area contributed by atoms with E-state index in [9.17, 15) is 24.0 Å². The van der Waals surface area contributed by atoms with Crippen LogP contribution in [-0.4, -0.2) is 126 Å². The van der Waals surface area contributed by atoms with Crippen molar-refractivity contribution in [2.75, 3.05) is 84.5 Å². The van der Waals surface area contributed by atoms with Crippen LogP contribution in [0, 0.1) is 23.7 Å². The van der Waals surface area contributed by atoms with E-state index in [1.165, 1.54) is 12.2 Å². The zero-order valence-corrected chi connectivity index (χ0v) is 51.9. The number of nitrogens with zero attached hydrogens (tertiary/aromatic N) is 2. The zero-order valence-electron chi connectivity index (χ0n) is 51.1. The Hall–Kier alpha value is -7.81. The highest BCUT2D eigenvalue weighted by Crippen LogP contribution is 2.40. The van der Waals surface area contributed by atoms with Crippen molar-refractivity contribution >= 4 is 53.5 Å². The van der Waals surface area contributed by atoms with E-state index in [0.717, 1.165) is 99.3 Å². The molecular formula is C69H87N3O16S. The van der Waals surface area contributed by atoms with Gasteiger partial charge in [-0.2, -0.15) is 5.10 Å². The van der Waals surface area contributed by atoms with Gasteiger partial charge in [-0.15, -0.1) is 0 Å². The van der Waals surface area contributed by atoms with Gasteiger partial charge in [-0.25, -0.2) is 14.4 Å². The molecule has 1 atom stereocenters. The topological polar surface area (TPSA) is 215 Å². The summed E-state index contributed by atoms with van der Waals surface area (Å²) in [7, 11) is 0. The lowest BCUT2D eigenvalue weighted by molar-refractivity contribution is -0.141. The molecule has 0 bridgehead atoms. The maximum atomic E-state index is 13.4. The normalized spacial score (nSPS) is 17.6. The van der Waals surface area contributed by atoms with E-state index in [0.29, 0.717) is 126 Å². The molecule has 0 amide bonds. The van der Waals surface area contributed by atoms with E-state index in [2.05, 4.69) is 31.1 Å². The molecule has 19 nitrogen and oxygen atoms in total. The minimum absolute atomic E-state index is 0.130. The average Bonchev–Trinajstić information content (AvgIpc) is 3.53. The number of benzene rings is 4. The highest BCUT2D eigenvalue weighted by Gasteiger charge is 2.31. The van der Waals surface area contributed by atoms with E-state index in [4.69, 9.17) is 57.2 Å². The number of rotatable bonds is 41. The van der Waals surface area contributed by atoms with Crippen molar-refractivity contribution in [1.29, 1.82) is 0 Å². The molecule has 480 valence electrons. The predicted molar refractivity (Wildman–Crippen MR) is 340 cm³/mol. The molecule has 7 rings (SSSR count). The molecule has 4 aromatic carbocycles. The quantitative estimate of drug-likeness (QED) is 0.00831. The van der Waals surface area contributed by atoms with Crippen molar-refractivity contribution in [1.82, 2.24) is 5.01 Å². The summed E-state index contributed by atoms with van der Waals surface area (Å²) in [6.45, 7) is 14.9. The van der Waals surface area contributed by atoms with Gasteiger partial charge in [0.15, 0.2) is 5.50 Å². The number of nitrogens with one attached hydrogen (secondary N) is 1. The van der Waals surface area contributed by atoms with E-state index in [1.807, 2.05) is 65.7 Å². The standard InChI is InChI=1S/C69H87N3O16S/c1-4-64(73)82-40-15-9-7-13-38-80-56-27-31-58(32-28-56)87-67(76)53-23-19-51(20-24-53)49-85-60-35-36-62(55(47-60)48-70-72(69-71-61-17-11-12-18-63(61)89-69)37-42-78-43-44-79-45-46-84-66(75)6-3)86-50-52-21-25-54(26-22-52)68(77)88-59-33-29-57(30-34-59)81-39-14-8-10-16-41-83-65(74)5-2/h4-6,11-12,17-18,27-36,47-48,51-54,69,71H,1-3,7-10,13-16,19-26,37-46,49-50H2/b70-48+. The fraction of sp³-hybridized carbons (Fsp3) is 0.478. The SMILES string of the molecule is C=CC(=O)OCCCCCCOc1ccc(OC(=O)C2CCC(COc3ccc(OCC4CCC(C(=O)Oc5ccc(OCCCCCCOC(=O)C=C)cc5)CC4)c(/C=N/N(CCOCCOCCOC(=O)C=C)C4Nc5ccccc5S4)c3)CC2)cc1. The van der Waals surface area contributed by atoms with Gasteiger partial charge in [-0.3, -0.25) is 14.6 Å². The molecule has 89 heavy (non-hydrogen) atoms. The van der Waals surface area contributed by atoms with Crippen LogP contribution in [0.15, 0.2) is 139 Å². The fourth-order valence-corrected chi connectivity index (χ4v) is 11.3. The molecule has 1 unspecified atom stereocenters. The van der Waals surface area contributed by atoms with Crippen LogP contribution in [0.4, 0.5) is 5.69 Å². The summed E-state index contributed by atoms with van der Waals surface area (Å²) in [5.41, 5.74) is 1.53. The molecule has 0 radical (unpaired) electrons. The highest BCUT2D eigenvalue weighted by atomic mass is 32.2. The first-order valence-corrected chi connectivity index (χ1v) is 32.1. The molecule has 1 aliphatic heterocycles. The van der Waals surface area contributed by atoms with E-state index in [1.54, 1.807) is 42.2 Å². The fourth-order valence-electron chi connectivity index (χ4n) is 10.2. The smallest absolute Gasteiger partial charge is 0.330 e. The number of carbonyl (C=O) groups is 5. The number of unbranched alkanes of at least 4 members (excludes halogenated alkanes) is 6. The molecule has 2 aliphatic carbocycles. The summed E-state index contributed by atoms with van der Waals surface area (Å²) in [4.78, 5) is 61.5. The van der Waals surface area contributed by atoms with Gasteiger partial charge in [0.2, 0.25) is 0 Å². The minimum Gasteiger partial charge on any atom is -0.494 e. The van der Waals surface area contributed by atoms with Crippen molar-refractivity contribution in [2.45, 2.75) is 113 Å². The lowest BCUT2D eigenvalue weighted by Gasteiger charge is -2.28. The molecule has 3 aliphatic rings. The van der Waals surface area contributed by atoms with Crippen LogP contribution < -0.4 is 33.7 Å². The molecule has 2 saturated carbocycles. The van der Waals surface area contributed by atoms with Gasteiger partial charge in [-0.1, -0.05) is 43.6 Å². The maximum absolute atomic E-state index is 13.4. The third-order valence-electron chi connectivity index (χ3n) is 15.3. The molecule has 0 spiro atoms. The second-order valence-electron chi connectivity index (χ2n) is 21.9. The highest BCUT2D eigenvalue weighted by molar-refractivity contribution is 8.00. The predicted octanol–water partition coefficient (Wildman–Crippen LogP) is 12.5. The second-order valence-corrected chi connectivity index (χ2v) is 23.0. The first-order chi connectivity index (χ1) is 43.5. The van der Waals surface area contributed by atoms with E-state index in [-0.39, 0.29) is 54.3 Å². The van der Waals surface area contributed by atoms with E-state index < -0.39 is 17.9 Å². The van der Waals surface area contributed by atoms with E-state index >= 15 is 0 Å². The Morgan fingerprint density at radius 1 is 0.494 bits per heavy atom. The van der Waals surface area contributed by atoms with Gasteiger partial charge in [0.1, 0.15) is 41.1 Å². The van der Waals surface area contributed by atoms with Gasteiger partial charge in [0, 0.05) is 28.7 Å². The summed E-state index contributed by atoms with van der Waals surface area (Å²) in [6.07, 6.45) is 18.3. The Morgan fingerprint density at radius 2 is 0.955 bits per heavy atom. The summed E-state index contributed by atoms with van der Waals surface area (Å²) >= 11 is 1.66. The Kier molecular flexibility index (Phi) is 30.3. The number of hydrogen-bond acceptors (Lipinski definition) is 20. The van der Waals surface area contributed by atoms with Crippen molar-refractivity contribution in [3.8, 4) is 34.5 Å². The summed E-state index contributed by atoms with van der Waals surface area (Å²) < 4.78 is 63.1. The zero-order chi connectivity index (χ0) is 62.7. The molecular weight excluding hydrogens is 1160 g/mol. The molecule has 4 aromatic rings. The molecule has 0 aromatic heterocycles. The Bertz CT molecular complexity index is 2850. The molecule has 2 fully saturated rings. The van der Waals surface area contributed by atoms with Gasteiger partial charge < -0.3 is 57.4 Å². The summed E-state index contributed by atoms with van der Waals surface area (Å²) in [6, 6.07) is 28.2. The first kappa shape index (κ1) is 68.7. The molecule has 20 heteroatoms. The number of hydrazone groups is 1. The van der Waals surface area contributed by atoms with Gasteiger partial charge >= 0.3 is 29.8 Å². The van der Waals surface area contributed by atoms with Crippen molar-refractivity contribution < 1.29 is 76.1 Å². The van der Waals surface area contributed by atoms with Crippen molar-refractivity contribution in [2.24, 2.45) is 28.8 Å². The van der Waals surface area contributed by atoms with Crippen LogP contribution in [0.3, 0.4) is 0 Å². The number of anilines is 1. The Morgan fingerprint density at radius 3 is 1.48 bits per heavy atom. The number of ether oxygens (including phenoxy) is 11. The van der Waals surface area contributed by atoms with Crippen LogP contribution in [-0.2, 0) is 47.7 Å². The lowest BCUT2D eigenvalue weighted by Crippen LogP contribution is -2.35. The van der Waals surface area contributed by atoms with Crippen LogP contribution in [0.1, 0.15) is 108 Å². The second kappa shape index (κ2) is 39.3. The maximum Gasteiger partial charge on any atom is 0.330 e. The number of carbonyl (C=O) groups excluding carboxylic acids is 5. The largest absolute Gasteiger partial charge is 0.494 e. The third kappa shape index (κ3) is 25.3. The van der Waals surface area contributed by atoms with Crippen molar-refractivity contribution in [3.05, 3.63) is 135 Å². The molecule has 1 N–H and O–H groups in total. The Labute approximate surface area is 527 Å². The molecule has 1 heterocycles. The number of esters is 5. The summed E-state index contributed by atoms with van der Waals surface area (Å²) in [5, 5.41) is 10.6. The molecule has 0 saturated heterocycles. The monoisotopic (exact) mass is 1250 g/mol. The number of fused-ring (bicyclic) bond motifs is 1. The summed E-state index contributed by atoms with van der Waals surface area (Å²) in [5.74, 6) is 1.96. The van der Waals surface area contributed by atoms with Crippen LogP contribution in [0.2, 0.25) is 0 Å². The number of thioether (sulfide) groups is 1. The minimum atomic E-state index is -0.496. The third-order valence-corrected chi connectivity index (χ3v) is 16.5. The van der Waals surface area contributed by atoms with Crippen LogP contribution in [0.5, 0.6) is 34.5 Å². The van der Waals surface area contributed by atoms with Gasteiger partial charge in [0.25, 0.3) is 0 Å². The first-order valence-electron chi connectivity index (χ1n) is 31.2. The van der Waals surface area contributed by atoms with Gasteiger partial charge in [-0.05, 0) is 193 Å².